The third kappa shape index (κ3) is 3.85. The molecule has 2 nitrogen and oxygen atoms in total. The average Bonchev–Trinajstić information content (AvgIpc) is 2.19. The van der Waals surface area contributed by atoms with Crippen molar-refractivity contribution in [2.75, 3.05) is 6.61 Å². The predicted molar refractivity (Wildman–Crippen MR) is 47.7 cm³/mol. The monoisotopic (exact) mass is 274 g/mol. The van der Waals surface area contributed by atoms with Crippen molar-refractivity contribution in [1.82, 2.24) is 0 Å². The first-order valence-corrected chi connectivity index (χ1v) is 4.47. The van der Waals surface area contributed by atoms with E-state index in [2.05, 4.69) is 4.74 Å². The molecule has 0 aliphatic heterocycles. The Kier molecular flexibility index (Phi) is 3.92. The highest BCUT2D eigenvalue weighted by Crippen LogP contribution is 2.22. The first-order valence-electron chi connectivity index (χ1n) is 4.09. The second-order valence-corrected chi connectivity index (χ2v) is 3.34. The second-order valence-electron chi connectivity index (χ2n) is 2.94. The van der Waals surface area contributed by atoms with Gasteiger partial charge in [-0.2, -0.15) is 13.2 Å². The van der Waals surface area contributed by atoms with Gasteiger partial charge in [0.25, 0.3) is 0 Å². The third-order valence-corrected chi connectivity index (χ3v) is 1.91. The Bertz CT molecular complexity index is 444. The summed E-state index contributed by atoms with van der Waals surface area (Å²) in [6, 6.07) is 0.845. The Morgan fingerprint density at radius 1 is 1.24 bits per heavy atom. The number of hydrogen-bond acceptors (Lipinski definition) is 2. The van der Waals surface area contributed by atoms with Gasteiger partial charge >= 0.3 is 12.1 Å². The molecule has 0 saturated heterocycles. The lowest BCUT2D eigenvalue weighted by atomic mass is 10.2. The molecule has 0 heterocycles. The highest BCUT2D eigenvalue weighted by Gasteiger charge is 2.30. The summed E-state index contributed by atoms with van der Waals surface area (Å²) in [5, 5.41) is -0.531. The molecule has 0 aromatic heterocycles. The van der Waals surface area contributed by atoms with E-state index in [0.717, 1.165) is 0 Å². The molecule has 0 amide bonds. The Morgan fingerprint density at radius 3 is 2.29 bits per heavy atom. The van der Waals surface area contributed by atoms with Gasteiger partial charge in [-0.3, -0.25) is 0 Å². The molecule has 17 heavy (non-hydrogen) atoms. The largest absolute Gasteiger partial charge is 0.452 e. The van der Waals surface area contributed by atoms with Gasteiger partial charge in [0, 0.05) is 0 Å². The van der Waals surface area contributed by atoms with E-state index >= 15 is 0 Å². The minimum atomic E-state index is -4.71. The van der Waals surface area contributed by atoms with Crippen LogP contribution in [0, 0.1) is 11.6 Å². The van der Waals surface area contributed by atoms with Crippen LogP contribution in [0.1, 0.15) is 10.4 Å². The number of benzene rings is 1. The third-order valence-electron chi connectivity index (χ3n) is 1.60. The van der Waals surface area contributed by atoms with Crippen molar-refractivity contribution in [1.29, 1.82) is 0 Å². The minimum Gasteiger partial charge on any atom is -0.452 e. The molecule has 0 spiro atoms. The van der Waals surface area contributed by atoms with E-state index in [1.807, 2.05) is 0 Å². The number of carbonyl (C=O) groups is 1. The van der Waals surface area contributed by atoms with Crippen molar-refractivity contribution < 1.29 is 31.5 Å². The molecule has 0 radical (unpaired) electrons. The Morgan fingerprint density at radius 2 is 1.76 bits per heavy atom. The summed E-state index contributed by atoms with van der Waals surface area (Å²) in [7, 11) is 0. The van der Waals surface area contributed by atoms with E-state index in [-0.39, 0.29) is 0 Å². The number of ether oxygens (including phenoxy) is 1. The lowest BCUT2D eigenvalue weighted by molar-refractivity contribution is -0.161. The second kappa shape index (κ2) is 4.87. The topological polar surface area (TPSA) is 26.3 Å². The molecule has 1 aromatic carbocycles. The minimum absolute atomic E-state index is 0.371. The van der Waals surface area contributed by atoms with Gasteiger partial charge in [0.1, 0.15) is 0 Å². The zero-order chi connectivity index (χ0) is 13.2. The summed E-state index contributed by atoms with van der Waals surface area (Å²) in [6.07, 6.45) is -4.71. The summed E-state index contributed by atoms with van der Waals surface area (Å²) in [4.78, 5) is 11.1. The van der Waals surface area contributed by atoms with E-state index in [1.165, 1.54) is 0 Å². The Hall–Kier alpha value is -1.37. The molecule has 94 valence electrons. The number of halogens is 6. The van der Waals surface area contributed by atoms with Crippen molar-refractivity contribution in [3.63, 3.8) is 0 Å². The highest BCUT2D eigenvalue weighted by atomic mass is 35.5. The summed E-state index contributed by atoms with van der Waals surface area (Å²) in [5.74, 6) is -4.21. The summed E-state index contributed by atoms with van der Waals surface area (Å²) < 4.78 is 64.4. The normalized spacial score (nSPS) is 11.4. The molecule has 0 atom stereocenters. The van der Waals surface area contributed by atoms with Crippen LogP contribution < -0.4 is 0 Å². The lowest BCUT2D eigenvalue weighted by Crippen LogP contribution is -2.20. The molecule has 0 unspecified atom stereocenters. The SMILES string of the molecule is O=C(OCC(F)(F)F)c1cc(F)c(F)cc1Cl. The summed E-state index contributed by atoms with van der Waals surface area (Å²) in [6.45, 7) is -1.83. The van der Waals surface area contributed by atoms with E-state index in [4.69, 9.17) is 11.6 Å². The molecule has 1 aromatic rings. The van der Waals surface area contributed by atoms with Gasteiger partial charge < -0.3 is 4.74 Å². The fraction of sp³-hybridized carbons (Fsp3) is 0.222. The smallest absolute Gasteiger partial charge is 0.422 e. The van der Waals surface area contributed by atoms with Gasteiger partial charge in [-0.25, -0.2) is 13.6 Å². The molecule has 0 N–H and O–H groups in total. The van der Waals surface area contributed by atoms with Crippen molar-refractivity contribution in [3.8, 4) is 0 Å². The van der Waals surface area contributed by atoms with Crippen LogP contribution in [-0.2, 0) is 4.74 Å². The van der Waals surface area contributed by atoms with Crippen LogP contribution in [-0.4, -0.2) is 18.8 Å². The van der Waals surface area contributed by atoms with E-state index in [0.29, 0.717) is 12.1 Å². The predicted octanol–water partition coefficient (Wildman–Crippen LogP) is 3.34. The molecule has 1 rings (SSSR count). The molecule has 0 bridgehead atoms. The van der Waals surface area contributed by atoms with Gasteiger partial charge in [-0.15, -0.1) is 0 Å². The van der Waals surface area contributed by atoms with Crippen LogP contribution in [0.5, 0.6) is 0 Å². The van der Waals surface area contributed by atoms with Crippen LogP contribution in [0.2, 0.25) is 5.02 Å². The number of carbonyl (C=O) groups excluding carboxylic acids is 1. The molecule has 0 aliphatic rings. The molecular formula is C9H4ClF5O2. The van der Waals surface area contributed by atoms with E-state index in [1.54, 1.807) is 0 Å². The quantitative estimate of drug-likeness (QED) is 0.470. The van der Waals surface area contributed by atoms with Crippen LogP contribution in [0.4, 0.5) is 22.0 Å². The van der Waals surface area contributed by atoms with Crippen LogP contribution in [0.15, 0.2) is 12.1 Å². The molecular weight excluding hydrogens is 271 g/mol. The van der Waals surface area contributed by atoms with Crippen LogP contribution >= 0.6 is 11.6 Å². The summed E-state index contributed by atoms with van der Waals surface area (Å²) >= 11 is 5.36. The van der Waals surface area contributed by atoms with Gasteiger partial charge in [-0.1, -0.05) is 11.6 Å². The van der Waals surface area contributed by atoms with Gasteiger partial charge in [0.2, 0.25) is 0 Å². The molecule has 0 saturated carbocycles. The number of rotatable bonds is 2. The van der Waals surface area contributed by atoms with E-state index < -0.39 is 41.0 Å². The highest BCUT2D eigenvalue weighted by molar-refractivity contribution is 6.33. The number of esters is 1. The van der Waals surface area contributed by atoms with E-state index in [9.17, 15) is 26.7 Å². The zero-order valence-corrected chi connectivity index (χ0v) is 8.70. The number of hydrogen-bond donors (Lipinski definition) is 0. The van der Waals surface area contributed by atoms with Gasteiger partial charge in [-0.05, 0) is 12.1 Å². The maximum Gasteiger partial charge on any atom is 0.422 e. The summed E-state index contributed by atoms with van der Waals surface area (Å²) in [5.41, 5.74) is -0.671. The lowest BCUT2D eigenvalue weighted by Gasteiger charge is -2.08. The molecule has 0 fully saturated rings. The van der Waals surface area contributed by atoms with Gasteiger partial charge in [0.15, 0.2) is 18.2 Å². The van der Waals surface area contributed by atoms with Gasteiger partial charge in [0.05, 0.1) is 10.6 Å². The molecule has 0 aliphatic carbocycles. The van der Waals surface area contributed by atoms with Crippen molar-refractivity contribution >= 4 is 17.6 Å². The fourth-order valence-electron chi connectivity index (χ4n) is 0.904. The fourth-order valence-corrected chi connectivity index (χ4v) is 1.13. The standard InChI is InChI=1S/C9H4ClF5O2/c10-5-2-7(12)6(11)1-4(5)8(16)17-3-9(13,14)15/h1-2H,3H2. The Balaban J connectivity index is 2.86. The van der Waals surface area contributed by atoms with Crippen molar-refractivity contribution in [2.45, 2.75) is 6.18 Å². The maximum atomic E-state index is 12.7. The average molecular weight is 275 g/mol. The first kappa shape index (κ1) is 13.7. The van der Waals surface area contributed by atoms with Crippen molar-refractivity contribution in [2.24, 2.45) is 0 Å². The van der Waals surface area contributed by atoms with Crippen molar-refractivity contribution in [3.05, 3.63) is 34.4 Å². The number of alkyl halides is 3. The molecule has 8 heteroatoms. The first-order chi connectivity index (χ1) is 7.70. The van der Waals surface area contributed by atoms with Crippen LogP contribution in [0.3, 0.4) is 0 Å². The van der Waals surface area contributed by atoms with Crippen LogP contribution in [0.25, 0.3) is 0 Å². The maximum absolute atomic E-state index is 12.7. The zero-order valence-electron chi connectivity index (χ0n) is 7.95. The Labute approximate surface area is 96.9 Å².